The number of hydrogen-bond donors (Lipinski definition) is 0. The van der Waals surface area contributed by atoms with Gasteiger partial charge in [-0.25, -0.2) is 0 Å². The van der Waals surface area contributed by atoms with Crippen molar-refractivity contribution in [1.29, 1.82) is 5.26 Å². The molecule has 0 bridgehead atoms. The van der Waals surface area contributed by atoms with Crippen molar-refractivity contribution in [3.63, 3.8) is 0 Å². The van der Waals surface area contributed by atoms with Gasteiger partial charge >= 0.3 is 0 Å². The molecule has 2 rings (SSSR count). The van der Waals surface area contributed by atoms with Gasteiger partial charge in [-0.1, -0.05) is 0 Å². The lowest BCUT2D eigenvalue weighted by atomic mass is 10.0. The Balaban J connectivity index is 2.35. The van der Waals surface area contributed by atoms with Crippen molar-refractivity contribution in [2.24, 2.45) is 5.92 Å². The molecule has 0 aromatic carbocycles. The molecule has 1 saturated carbocycles. The van der Waals surface area contributed by atoms with Crippen molar-refractivity contribution >= 4 is 6.29 Å². The van der Waals surface area contributed by atoms with Gasteiger partial charge in [-0.2, -0.15) is 5.26 Å². The summed E-state index contributed by atoms with van der Waals surface area (Å²) >= 11 is 0. The summed E-state index contributed by atoms with van der Waals surface area (Å²) in [5, 5.41) is 8.86. The summed E-state index contributed by atoms with van der Waals surface area (Å²) in [6, 6.07) is 5.60. The highest BCUT2D eigenvalue weighted by atomic mass is 16.3. The van der Waals surface area contributed by atoms with Gasteiger partial charge in [0.25, 0.3) is 0 Å². The molecule has 1 heterocycles. The van der Waals surface area contributed by atoms with Crippen molar-refractivity contribution in [3.05, 3.63) is 24.2 Å². The van der Waals surface area contributed by atoms with E-state index >= 15 is 0 Å². The molecule has 2 atom stereocenters. The number of nitriles is 1. The van der Waals surface area contributed by atoms with E-state index in [4.69, 9.17) is 9.68 Å². The van der Waals surface area contributed by atoms with Gasteiger partial charge in [0.15, 0.2) is 0 Å². The summed E-state index contributed by atoms with van der Waals surface area (Å²) in [6.07, 6.45) is 2.95. The number of aldehydes is 1. The zero-order chi connectivity index (χ0) is 8.60. The summed E-state index contributed by atoms with van der Waals surface area (Å²) in [5.74, 6) is 0.441. The van der Waals surface area contributed by atoms with Crippen LogP contribution in [-0.4, -0.2) is 6.29 Å². The van der Waals surface area contributed by atoms with Crippen LogP contribution in [0, 0.1) is 17.2 Å². The standard InChI is InChI=1S/C9H7NO2/c10-6-9(4-7(9)5-11)8-2-1-3-12-8/h1-3,5,7H,4H2/t7-,9+/m0/s1. The van der Waals surface area contributed by atoms with Crippen molar-refractivity contribution in [2.75, 3.05) is 0 Å². The van der Waals surface area contributed by atoms with Crippen LogP contribution < -0.4 is 0 Å². The molecular weight excluding hydrogens is 154 g/mol. The molecule has 0 amide bonds. The van der Waals surface area contributed by atoms with Gasteiger partial charge in [-0.3, -0.25) is 0 Å². The first-order valence-corrected chi connectivity index (χ1v) is 3.74. The fraction of sp³-hybridized carbons (Fsp3) is 0.333. The smallest absolute Gasteiger partial charge is 0.125 e. The molecule has 0 N–H and O–H groups in total. The van der Waals surface area contributed by atoms with Crippen LogP contribution in [0.2, 0.25) is 0 Å². The molecule has 1 aliphatic rings. The predicted octanol–water partition coefficient (Wildman–Crippen LogP) is 1.26. The highest BCUT2D eigenvalue weighted by Gasteiger charge is 2.58. The molecule has 1 aromatic heterocycles. The number of rotatable bonds is 2. The van der Waals surface area contributed by atoms with Crippen LogP contribution in [0.15, 0.2) is 22.8 Å². The van der Waals surface area contributed by atoms with E-state index in [1.807, 2.05) is 0 Å². The molecule has 0 radical (unpaired) electrons. The van der Waals surface area contributed by atoms with E-state index in [1.54, 1.807) is 12.1 Å². The fourth-order valence-electron chi connectivity index (χ4n) is 1.45. The van der Waals surface area contributed by atoms with Gasteiger partial charge in [0.1, 0.15) is 17.5 Å². The largest absolute Gasteiger partial charge is 0.468 e. The van der Waals surface area contributed by atoms with E-state index < -0.39 is 5.41 Å². The zero-order valence-corrected chi connectivity index (χ0v) is 6.36. The first kappa shape index (κ1) is 7.11. The maximum atomic E-state index is 10.4. The second-order valence-corrected chi connectivity index (χ2v) is 3.01. The molecule has 0 saturated heterocycles. The molecule has 0 unspecified atom stereocenters. The van der Waals surface area contributed by atoms with E-state index in [1.165, 1.54) is 6.26 Å². The van der Waals surface area contributed by atoms with E-state index in [-0.39, 0.29) is 5.92 Å². The third kappa shape index (κ3) is 0.722. The van der Waals surface area contributed by atoms with Crippen LogP contribution in [-0.2, 0) is 10.2 Å². The Kier molecular flexibility index (Phi) is 1.31. The predicted molar refractivity (Wildman–Crippen MR) is 40.2 cm³/mol. The number of carbonyl (C=O) groups excluding carboxylic acids is 1. The summed E-state index contributed by atoms with van der Waals surface area (Å²) in [5.41, 5.74) is -0.648. The molecule has 1 fully saturated rings. The number of furan rings is 1. The van der Waals surface area contributed by atoms with Crippen molar-refractivity contribution < 1.29 is 9.21 Å². The van der Waals surface area contributed by atoms with Gasteiger partial charge < -0.3 is 9.21 Å². The van der Waals surface area contributed by atoms with Crippen LogP contribution in [0.5, 0.6) is 0 Å². The van der Waals surface area contributed by atoms with Crippen molar-refractivity contribution in [3.8, 4) is 6.07 Å². The molecule has 1 aromatic rings. The third-order valence-corrected chi connectivity index (χ3v) is 2.34. The SMILES string of the molecule is N#C[C@]1(c2ccco2)C[C@H]1C=O. The first-order chi connectivity index (χ1) is 5.83. The van der Waals surface area contributed by atoms with Gasteiger partial charge in [0.2, 0.25) is 0 Å². The van der Waals surface area contributed by atoms with E-state index in [9.17, 15) is 4.79 Å². The molecule has 1 aliphatic carbocycles. The minimum Gasteiger partial charge on any atom is -0.468 e. The molecule has 0 aliphatic heterocycles. The lowest BCUT2D eigenvalue weighted by Gasteiger charge is -1.99. The Morgan fingerprint density at radius 1 is 1.83 bits per heavy atom. The normalized spacial score (nSPS) is 32.4. The van der Waals surface area contributed by atoms with Crippen LogP contribution >= 0.6 is 0 Å². The Morgan fingerprint density at radius 3 is 3.08 bits per heavy atom. The first-order valence-electron chi connectivity index (χ1n) is 3.74. The molecule has 12 heavy (non-hydrogen) atoms. The average molecular weight is 161 g/mol. The second kappa shape index (κ2) is 2.21. The fourth-order valence-corrected chi connectivity index (χ4v) is 1.45. The monoisotopic (exact) mass is 161 g/mol. The average Bonchev–Trinajstić information content (AvgIpc) is 2.57. The Hall–Kier alpha value is -1.56. The molecular formula is C9H7NO2. The number of nitrogens with zero attached hydrogens (tertiary/aromatic N) is 1. The van der Waals surface area contributed by atoms with Crippen LogP contribution in [0.1, 0.15) is 12.2 Å². The van der Waals surface area contributed by atoms with Gasteiger partial charge in [-0.15, -0.1) is 0 Å². The Bertz CT molecular complexity index is 336. The third-order valence-electron chi connectivity index (χ3n) is 2.34. The minimum absolute atomic E-state index is 0.173. The van der Waals surface area contributed by atoms with Crippen LogP contribution in [0.3, 0.4) is 0 Å². The van der Waals surface area contributed by atoms with E-state index in [2.05, 4.69) is 6.07 Å². The molecule has 3 nitrogen and oxygen atoms in total. The summed E-state index contributed by atoms with van der Waals surface area (Å²) in [6.45, 7) is 0. The molecule has 60 valence electrons. The highest BCUT2D eigenvalue weighted by molar-refractivity contribution is 5.66. The minimum atomic E-state index is -0.648. The topological polar surface area (TPSA) is 54.0 Å². The van der Waals surface area contributed by atoms with E-state index in [0.717, 1.165) is 6.29 Å². The van der Waals surface area contributed by atoms with Gasteiger partial charge in [-0.05, 0) is 18.6 Å². The van der Waals surface area contributed by atoms with Gasteiger partial charge in [0, 0.05) is 5.92 Å². The Labute approximate surface area is 69.6 Å². The Morgan fingerprint density at radius 2 is 2.67 bits per heavy atom. The summed E-state index contributed by atoms with van der Waals surface area (Å²) in [7, 11) is 0. The number of carbonyl (C=O) groups is 1. The quantitative estimate of drug-likeness (QED) is 0.613. The van der Waals surface area contributed by atoms with Crippen LogP contribution in [0.25, 0.3) is 0 Å². The zero-order valence-electron chi connectivity index (χ0n) is 6.36. The summed E-state index contributed by atoms with van der Waals surface area (Å²) in [4.78, 5) is 10.4. The second-order valence-electron chi connectivity index (χ2n) is 3.01. The lowest BCUT2D eigenvalue weighted by Crippen LogP contribution is -2.05. The molecule has 0 spiro atoms. The van der Waals surface area contributed by atoms with Gasteiger partial charge in [0.05, 0.1) is 12.3 Å². The van der Waals surface area contributed by atoms with Crippen molar-refractivity contribution in [1.82, 2.24) is 0 Å². The maximum Gasteiger partial charge on any atom is 0.125 e. The lowest BCUT2D eigenvalue weighted by molar-refractivity contribution is -0.109. The maximum absolute atomic E-state index is 10.4. The van der Waals surface area contributed by atoms with Crippen LogP contribution in [0.4, 0.5) is 0 Å². The highest BCUT2D eigenvalue weighted by Crippen LogP contribution is 2.52. The van der Waals surface area contributed by atoms with Crippen molar-refractivity contribution in [2.45, 2.75) is 11.8 Å². The van der Waals surface area contributed by atoms with E-state index in [0.29, 0.717) is 12.2 Å². The molecule has 3 heteroatoms. The number of hydrogen-bond acceptors (Lipinski definition) is 3. The summed E-state index contributed by atoms with van der Waals surface area (Å²) < 4.78 is 5.10.